The van der Waals surface area contributed by atoms with Crippen molar-refractivity contribution in [3.63, 3.8) is 0 Å². The second-order valence-corrected chi connectivity index (χ2v) is 2.52. The van der Waals surface area contributed by atoms with E-state index in [2.05, 4.69) is 4.74 Å². The van der Waals surface area contributed by atoms with Crippen LogP contribution in [0.2, 0.25) is 0 Å². The summed E-state index contributed by atoms with van der Waals surface area (Å²) in [6, 6.07) is 2.19. The number of benzene rings is 1. The molecular weight excluding hydrogens is 240 g/mol. The topological polar surface area (TPSA) is 69.6 Å². The molecule has 0 atom stereocenters. The first-order chi connectivity index (χ1) is 6.79. The molecule has 0 radical (unpaired) electrons. The van der Waals surface area contributed by atoms with Gasteiger partial charge in [-0.3, -0.25) is 0 Å². The Balaban J connectivity index is 0.00000225. The number of phenolic OH excluding ortho intramolecular Hbond substituents is 1. The first kappa shape index (κ1) is 15.1. The molecule has 0 spiro atoms. The van der Waals surface area contributed by atoms with Gasteiger partial charge in [-0.05, 0) is 18.2 Å². The van der Waals surface area contributed by atoms with Crippen LogP contribution in [0.25, 0.3) is 0 Å². The quantitative estimate of drug-likeness (QED) is 0.592. The Bertz CT molecular complexity index is 391. The van der Waals surface area contributed by atoms with Crippen LogP contribution in [0.3, 0.4) is 0 Å². The van der Waals surface area contributed by atoms with E-state index < -0.39 is 29.4 Å². The number of ether oxygens (including phenoxy) is 1. The average molecular weight is 244 g/mol. The average Bonchev–Trinajstić information content (AvgIpc) is 2.06. The predicted molar refractivity (Wildman–Crippen MR) is 39.1 cm³/mol. The molecule has 0 aliphatic carbocycles. The van der Waals surface area contributed by atoms with Crippen LogP contribution in [0.1, 0.15) is 10.4 Å². The van der Waals surface area contributed by atoms with Crippen LogP contribution < -0.4 is 39.4 Å². The summed E-state index contributed by atoms with van der Waals surface area (Å²) in [6.07, 6.45) is -5.00. The third kappa shape index (κ3) is 4.30. The number of alkyl halides is 3. The maximum absolute atomic E-state index is 11.8. The zero-order chi connectivity index (χ0) is 11.6. The van der Waals surface area contributed by atoms with Crippen LogP contribution in [0.15, 0.2) is 18.2 Å². The number of carbonyl (C=O) groups is 1. The van der Waals surface area contributed by atoms with E-state index in [-0.39, 0.29) is 29.6 Å². The Morgan fingerprint density at radius 3 is 2.38 bits per heavy atom. The number of hydrogen-bond acceptors (Lipinski definition) is 4. The van der Waals surface area contributed by atoms with Gasteiger partial charge >= 0.3 is 35.9 Å². The molecule has 4 nitrogen and oxygen atoms in total. The van der Waals surface area contributed by atoms with Crippen molar-refractivity contribution in [3.8, 4) is 11.5 Å². The molecule has 0 amide bonds. The van der Waals surface area contributed by atoms with Gasteiger partial charge in [0.2, 0.25) is 0 Å². The molecule has 0 saturated carbocycles. The molecule has 0 fully saturated rings. The largest absolute Gasteiger partial charge is 1.00 e. The van der Waals surface area contributed by atoms with Gasteiger partial charge in [0.25, 0.3) is 0 Å². The number of carbonyl (C=O) groups excluding carboxylic acids is 1. The fraction of sp³-hybridized carbons (Fsp3) is 0.125. The summed E-state index contributed by atoms with van der Waals surface area (Å²) in [5, 5.41) is 19.2. The van der Waals surface area contributed by atoms with Crippen molar-refractivity contribution in [2.75, 3.05) is 0 Å². The Hall–Kier alpha value is -0.920. The Morgan fingerprint density at radius 2 is 1.94 bits per heavy atom. The normalized spacial score (nSPS) is 10.4. The monoisotopic (exact) mass is 244 g/mol. The van der Waals surface area contributed by atoms with Gasteiger partial charge < -0.3 is 19.7 Å². The first-order valence-corrected chi connectivity index (χ1v) is 3.60. The third-order valence-corrected chi connectivity index (χ3v) is 1.42. The van der Waals surface area contributed by atoms with Crippen LogP contribution in [0, 0.1) is 0 Å². The zero-order valence-electron chi connectivity index (χ0n) is 8.04. The van der Waals surface area contributed by atoms with Crippen molar-refractivity contribution in [2.24, 2.45) is 0 Å². The summed E-state index contributed by atoms with van der Waals surface area (Å²) in [4.78, 5) is 10.3. The van der Waals surface area contributed by atoms with Crippen LogP contribution >= 0.6 is 0 Å². The maximum Gasteiger partial charge on any atom is 1.00 e. The molecule has 16 heavy (non-hydrogen) atoms. The standard InChI is InChI=1S/C8H5F3O4.Na/c9-8(10,11)15-6-3-4(7(13)14)1-2-5(6)12;/h1-3,12H,(H,13,14);/q;+1/p-1. The summed E-state index contributed by atoms with van der Waals surface area (Å²) >= 11 is 0. The smallest absolute Gasteiger partial charge is 0.545 e. The number of halogens is 3. The minimum Gasteiger partial charge on any atom is -0.545 e. The van der Waals surface area contributed by atoms with Gasteiger partial charge in [0.1, 0.15) is 0 Å². The van der Waals surface area contributed by atoms with Crippen molar-refractivity contribution < 1.29 is 62.5 Å². The molecule has 0 unspecified atom stereocenters. The minimum atomic E-state index is -5.00. The molecule has 0 aliphatic rings. The number of carboxylic acids is 1. The molecule has 0 bridgehead atoms. The number of phenols is 1. The van der Waals surface area contributed by atoms with Crippen molar-refractivity contribution in [1.29, 1.82) is 0 Å². The van der Waals surface area contributed by atoms with Crippen molar-refractivity contribution in [1.82, 2.24) is 0 Å². The number of carboxylic acid groups (broad SMARTS) is 1. The van der Waals surface area contributed by atoms with Gasteiger partial charge in [0.05, 0.1) is 5.97 Å². The SMILES string of the molecule is O=C([O-])c1ccc(O)c(OC(F)(F)F)c1.[Na+]. The Morgan fingerprint density at radius 1 is 1.38 bits per heavy atom. The van der Waals surface area contributed by atoms with E-state index in [0.29, 0.717) is 6.07 Å². The predicted octanol–water partition coefficient (Wildman–Crippen LogP) is -2.34. The zero-order valence-corrected chi connectivity index (χ0v) is 10.0. The fourth-order valence-electron chi connectivity index (χ4n) is 0.848. The van der Waals surface area contributed by atoms with E-state index in [0.717, 1.165) is 12.1 Å². The number of rotatable bonds is 2. The molecule has 1 aromatic carbocycles. The van der Waals surface area contributed by atoms with E-state index in [1.54, 1.807) is 0 Å². The summed E-state index contributed by atoms with van der Waals surface area (Å²) < 4.78 is 38.7. The van der Waals surface area contributed by atoms with Gasteiger partial charge in [-0.15, -0.1) is 13.2 Å². The molecule has 0 aromatic heterocycles. The summed E-state index contributed by atoms with van der Waals surface area (Å²) in [5.74, 6) is -3.46. The van der Waals surface area contributed by atoms with Gasteiger partial charge in [-0.25, -0.2) is 0 Å². The van der Waals surface area contributed by atoms with E-state index in [4.69, 9.17) is 5.11 Å². The van der Waals surface area contributed by atoms with Crippen LogP contribution in [0.5, 0.6) is 11.5 Å². The van der Waals surface area contributed by atoms with Crippen LogP contribution in [-0.4, -0.2) is 17.4 Å². The summed E-state index contributed by atoms with van der Waals surface area (Å²) in [7, 11) is 0. The number of aromatic carboxylic acids is 1. The second-order valence-electron chi connectivity index (χ2n) is 2.52. The van der Waals surface area contributed by atoms with Crippen molar-refractivity contribution in [2.45, 2.75) is 6.36 Å². The molecule has 0 saturated heterocycles. The Kier molecular flexibility index (Phi) is 5.11. The van der Waals surface area contributed by atoms with E-state index in [1.807, 2.05) is 0 Å². The van der Waals surface area contributed by atoms with Crippen molar-refractivity contribution >= 4 is 5.97 Å². The molecule has 1 aromatic rings. The van der Waals surface area contributed by atoms with Gasteiger partial charge in [-0.2, -0.15) is 0 Å². The van der Waals surface area contributed by atoms with Crippen molar-refractivity contribution in [3.05, 3.63) is 23.8 Å². The van der Waals surface area contributed by atoms with E-state index in [9.17, 15) is 23.1 Å². The third-order valence-electron chi connectivity index (χ3n) is 1.42. The molecule has 1 N–H and O–H groups in total. The minimum absolute atomic E-state index is 0. The fourth-order valence-corrected chi connectivity index (χ4v) is 0.848. The van der Waals surface area contributed by atoms with Gasteiger partial charge in [0.15, 0.2) is 11.5 Å². The molecular formula is C8H4F3NaO4. The molecule has 0 heterocycles. The molecule has 8 heteroatoms. The first-order valence-electron chi connectivity index (χ1n) is 3.60. The van der Waals surface area contributed by atoms with Crippen LogP contribution in [-0.2, 0) is 0 Å². The number of hydrogen-bond donors (Lipinski definition) is 1. The molecule has 0 aliphatic heterocycles. The molecule has 1 rings (SSSR count). The van der Waals surface area contributed by atoms with Crippen LogP contribution in [0.4, 0.5) is 13.2 Å². The van der Waals surface area contributed by atoms with Gasteiger partial charge in [0, 0.05) is 5.56 Å². The van der Waals surface area contributed by atoms with E-state index >= 15 is 0 Å². The van der Waals surface area contributed by atoms with E-state index in [1.165, 1.54) is 0 Å². The summed E-state index contributed by atoms with van der Waals surface area (Å²) in [6.45, 7) is 0. The maximum atomic E-state index is 11.8. The second kappa shape index (κ2) is 5.42. The Labute approximate surface area is 110 Å². The summed E-state index contributed by atoms with van der Waals surface area (Å²) in [5.41, 5.74) is -0.521. The molecule has 82 valence electrons. The number of aromatic hydroxyl groups is 1. The van der Waals surface area contributed by atoms with Gasteiger partial charge in [-0.1, -0.05) is 0 Å².